The van der Waals surface area contributed by atoms with Crippen molar-refractivity contribution in [2.24, 2.45) is 0 Å². The van der Waals surface area contributed by atoms with Crippen LogP contribution in [0, 0.1) is 10.1 Å². The number of nitro benzene ring substituents is 1. The van der Waals surface area contributed by atoms with E-state index in [1.165, 1.54) is 6.07 Å². The molecule has 1 aromatic rings. The van der Waals surface area contributed by atoms with Gasteiger partial charge in [-0.3, -0.25) is 14.9 Å². The average Bonchev–Trinajstić information content (AvgIpc) is 2.79. The minimum absolute atomic E-state index is 0.00456. The highest BCUT2D eigenvalue weighted by Gasteiger charge is 2.35. The molecule has 0 radical (unpaired) electrons. The number of hydrogen-bond donors (Lipinski definition) is 1. The molecule has 2 fully saturated rings. The molecule has 1 unspecified atom stereocenters. The molecule has 1 aromatic carbocycles. The van der Waals surface area contributed by atoms with Gasteiger partial charge in [-0.25, -0.2) is 0 Å². The second kappa shape index (κ2) is 4.66. The summed E-state index contributed by atoms with van der Waals surface area (Å²) in [7, 11) is 0. The van der Waals surface area contributed by atoms with Gasteiger partial charge in [0.25, 0.3) is 5.69 Å². The molecular formula is C13H16N4O3. The Bertz CT molecular complexity index is 575. The average molecular weight is 276 g/mol. The highest BCUT2D eigenvalue weighted by molar-refractivity contribution is 5.79. The number of carbonyl (C=O) groups excluding carboxylic acids is 1. The van der Waals surface area contributed by atoms with E-state index >= 15 is 0 Å². The Hall–Kier alpha value is -2.31. The molecule has 1 amide bonds. The largest absolute Gasteiger partial charge is 0.398 e. The first-order valence-electron chi connectivity index (χ1n) is 6.64. The third-order valence-electron chi connectivity index (χ3n) is 4.00. The lowest BCUT2D eigenvalue weighted by Crippen LogP contribution is -2.51. The van der Waals surface area contributed by atoms with E-state index < -0.39 is 4.92 Å². The Kier molecular flexibility index (Phi) is 2.96. The molecule has 7 heteroatoms. The molecule has 2 saturated heterocycles. The SMILES string of the molecule is Nc1cc(N2CCN3C(=O)CCC3C2)cc([N+](=O)[O-])c1. The van der Waals surface area contributed by atoms with Crippen LogP contribution < -0.4 is 10.6 Å². The summed E-state index contributed by atoms with van der Waals surface area (Å²) >= 11 is 0. The Morgan fingerprint density at radius 1 is 1.30 bits per heavy atom. The molecule has 2 aliphatic rings. The Balaban J connectivity index is 1.83. The second-order valence-corrected chi connectivity index (χ2v) is 5.27. The van der Waals surface area contributed by atoms with Gasteiger partial charge in [0.05, 0.1) is 4.92 Å². The fraction of sp³-hybridized carbons (Fsp3) is 0.462. The number of amides is 1. The monoisotopic (exact) mass is 276 g/mol. The maximum Gasteiger partial charge on any atom is 0.273 e. The fourth-order valence-electron chi connectivity index (χ4n) is 3.00. The van der Waals surface area contributed by atoms with Gasteiger partial charge in [0, 0.05) is 55.6 Å². The summed E-state index contributed by atoms with van der Waals surface area (Å²) in [5.41, 5.74) is 6.89. The molecule has 0 aromatic heterocycles. The number of anilines is 2. The van der Waals surface area contributed by atoms with Crippen molar-refractivity contribution in [2.45, 2.75) is 18.9 Å². The van der Waals surface area contributed by atoms with Crippen LogP contribution in [0.4, 0.5) is 17.1 Å². The van der Waals surface area contributed by atoms with E-state index in [0.717, 1.165) is 12.1 Å². The maximum absolute atomic E-state index is 11.6. The van der Waals surface area contributed by atoms with E-state index in [0.29, 0.717) is 31.7 Å². The van der Waals surface area contributed by atoms with Crippen LogP contribution in [0.3, 0.4) is 0 Å². The zero-order chi connectivity index (χ0) is 14.3. The van der Waals surface area contributed by atoms with Crippen LogP contribution in [0.1, 0.15) is 12.8 Å². The third-order valence-corrected chi connectivity index (χ3v) is 4.00. The molecule has 0 saturated carbocycles. The number of carbonyl (C=O) groups is 1. The number of piperazine rings is 1. The fourth-order valence-corrected chi connectivity index (χ4v) is 3.00. The highest BCUT2D eigenvalue weighted by Crippen LogP contribution is 2.30. The van der Waals surface area contributed by atoms with Crippen LogP contribution >= 0.6 is 0 Å². The van der Waals surface area contributed by atoms with Crippen molar-refractivity contribution in [1.82, 2.24) is 4.90 Å². The number of hydrogen-bond acceptors (Lipinski definition) is 5. The lowest BCUT2D eigenvalue weighted by molar-refractivity contribution is -0.384. The number of nitrogens with zero attached hydrogens (tertiary/aromatic N) is 3. The van der Waals surface area contributed by atoms with Gasteiger partial charge in [-0.1, -0.05) is 0 Å². The molecule has 2 N–H and O–H groups in total. The first kappa shape index (κ1) is 12.7. The van der Waals surface area contributed by atoms with Crippen molar-refractivity contribution in [3.8, 4) is 0 Å². The zero-order valence-electron chi connectivity index (χ0n) is 11.0. The lowest BCUT2D eigenvalue weighted by atomic mass is 10.1. The summed E-state index contributed by atoms with van der Waals surface area (Å²) < 4.78 is 0. The summed E-state index contributed by atoms with van der Waals surface area (Å²) in [4.78, 5) is 26.1. The normalized spacial score (nSPS) is 22.0. The molecular weight excluding hydrogens is 260 g/mol. The molecule has 2 aliphatic heterocycles. The molecule has 20 heavy (non-hydrogen) atoms. The van der Waals surface area contributed by atoms with E-state index in [4.69, 9.17) is 5.73 Å². The number of fused-ring (bicyclic) bond motifs is 1. The Morgan fingerprint density at radius 3 is 2.85 bits per heavy atom. The van der Waals surface area contributed by atoms with E-state index in [1.54, 1.807) is 12.1 Å². The van der Waals surface area contributed by atoms with Crippen molar-refractivity contribution in [3.63, 3.8) is 0 Å². The topological polar surface area (TPSA) is 92.7 Å². The first-order valence-corrected chi connectivity index (χ1v) is 6.64. The number of nitrogen functional groups attached to an aromatic ring is 1. The smallest absolute Gasteiger partial charge is 0.273 e. The van der Waals surface area contributed by atoms with Gasteiger partial charge in [-0.2, -0.15) is 0 Å². The Morgan fingerprint density at radius 2 is 2.10 bits per heavy atom. The minimum atomic E-state index is -0.435. The lowest BCUT2D eigenvalue weighted by Gasteiger charge is -2.38. The molecule has 2 heterocycles. The van der Waals surface area contributed by atoms with Gasteiger partial charge in [0.1, 0.15) is 0 Å². The van der Waals surface area contributed by atoms with E-state index in [9.17, 15) is 14.9 Å². The Labute approximate surface area is 116 Å². The molecule has 0 bridgehead atoms. The molecule has 0 aliphatic carbocycles. The number of non-ortho nitro benzene ring substituents is 1. The van der Waals surface area contributed by atoms with Gasteiger partial charge < -0.3 is 15.5 Å². The summed E-state index contributed by atoms with van der Waals surface area (Å²) in [5, 5.41) is 10.9. The number of nitro groups is 1. The number of rotatable bonds is 2. The van der Waals surface area contributed by atoms with Crippen LogP contribution in [-0.4, -0.2) is 41.4 Å². The summed E-state index contributed by atoms with van der Waals surface area (Å²) in [6.45, 7) is 2.07. The molecule has 0 spiro atoms. The maximum atomic E-state index is 11.6. The summed E-state index contributed by atoms with van der Waals surface area (Å²) in [5.74, 6) is 0.216. The van der Waals surface area contributed by atoms with Crippen LogP contribution in [0.25, 0.3) is 0 Å². The van der Waals surface area contributed by atoms with Crippen LogP contribution in [0.2, 0.25) is 0 Å². The highest BCUT2D eigenvalue weighted by atomic mass is 16.6. The van der Waals surface area contributed by atoms with Gasteiger partial charge in [0.2, 0.25) is 5.91 Å². The van der Waals surface area contributed by atoms with Crippen molar-refractivity contribution < 1.29 is 9.72 Å². The molecule has 3 rings (SSSR count). The minimum Gasteiger partial charge on any atom is -0.398 e. The zero-order valence-corrected chi connectivity index (χ0v) is 11.0. The van der Waals surface area contributed by atoms with Crippen molar-refractivity contribution in [3.05, 3.63) is 28.3 Å². The van der Waals surface area contributed by atoms with Gasteiger partial charge in [0.15, 0.2) is 0 Å². The van der Waals surface area contributed by atoms with Gasteiger partial charge in [-0.15, -0.1) is 0 Å². The molecule has 1 atom stereocenters. The van der Waals surface area contributed by atoms with Crippen LogP contribution in [-0.2, 0) is 4.79 Å². The predicted octanol–water partition coefficient (Wildman–Crippen LogP) is 0.988. The number of nitrogens with two attached hydrogens (primary N) is 1. The summed E-state index contributed by atoms with van der Waals surface area (Å²) in [6.07, 6.45) is 1.47. The summed E-state index contributed by atoms with van der Waals surface area (Å²) in [6, 6.07) is 4.87. The van der Waals surface area contributed by atoms with Crippen LogP contribution in [0.15, 0.2) is 18.2 Å². The number of benzene rings is 1. The van der Waals surface area contributed by atoms with Crippen molar-refractivity contribution >= 4 is 23.0 Å². The van der Waals surface area contributed by atoms with Crippen molar-refractivity contribution in [2.75, 3.05) is 30.3 Å². The van der Waals surface area contributed by atoms with E-state index in [-0.39, 0.29) is 17.6 Å². The molecule has 106 valence electrons. The van der Waals surface area contributed by atoms with E-state index in [2.05, 4.69) is 4.90 Å². The second-order valence-electron chi connectivity index (χ2n) is 5.27. The standard InChI is InChI=1S/C13H16N4O3/c14-9-5-11(7-12(6-9)17(19)20)15-3-4-16-10(8-15)1-2-13(16)18/h5-7,10H,1-4,8,14H2. The molecule has 7 nitrogen and oxygen atoms in total. The van der Waals surface area contributed by atoms with Gasteiger partial charge >= 0.3 is 0 Å². The predicted molar refractivity (Wildman–Crippen MR) is 74.5 cm³/mol. The van der Waals surface area contributed by atoms with Crippen molar-refractivity contribution in [1.29, 1.82) is 0 Å². The van der Waals surface area contributed by atoms with Crippen LogP contribution in [0.5, 0.6) is 0 Å². The van der Waals surface area contributed by atoms with E-state index in [1.807, 2.05) is 4.90 Å². The first-order chi connectivity index (χ1) is 9.54. The van der Waals surface area contributed by atoms with Gasteiger partial charge in [-0.05, 0) is 12.5 Å². The quantitative estimate of drug-likeness (QED) is 0.494. The third kappa shape index (κ3) is 2.15.